The Labute approximate surface area is 180 Å². The Hall–Kier alpha value is -1.28. The number of fused-ring (bicyclic) bond motifs is 5. The highest BCUT2D eigenvalue weighted by atomic mass is 35.5. The summed E-state index contributed by atoms with van der Waals surface area (Å²) in [7, 11) is 2.05. The molecule has 3 saturated carbocycles. The van der Waals surface area contributed by atoms with Crippen molar-refractivity contribution >= 4 is 23.6 Å². The van der Waals surface area contributed by atoms with Crippen molar-refractivity contribution in [3.63, 3.8) is 0 Å². The average molecular weight is 412 g/mol. The summed E-state index contributed by atoms with van der Waals surface area (Å²) in [6.07, 6.45) is 11.9. The molecule has 4 fully saturated rings. The van der Waals surface area contributed by atoms with Crippen LogP contribution in [0.15, 0.2) is 29.8 Å². The molecule has 0 radical (unpaired) electrons. The van der Waals surface area contributed by atoms with Gasteiger partial charge in [0.2, 0.25) is 5.91 Å². The molecule has 29 heavy (non-hydrogen) atoms. The van der Waals surface area contributed by atoms with E-state index >= 15 is 0 Å². The van der Waals surface area contributed by atoms with Gasteiger partial charge in [0.1, 0.15) is 0 Å². The standard InChI is InChI=1S/C26H34ClNO/c1-25-14-12-21-19(9-11-23-26(21,2)15-13-24(29)28(23)3)20(25)10-8-18(25)16-17-6-4-5-7-22(17)27/h4-7,16,19-21,23H,8-15H2,1-3H3/t19-,20-,21-,23+,25+,26+/m0/s1. The van der Waals surface area contributed by atoms with Gasteiger partial charge >= 0.3 is 0 Å². The van der Waals surface area contributed by atoms with Crippen LogP contribution in [0.25, 0.3) is 6.08 Å². The Morgan fingerprint density at radius 2 is 1.83 bits per heavy atom. The highest BCUT2D eigenvalue weighted by molar-refractivity contribution is 6.32. The van der Waals surface area contributed by atoms with Gasteiger partial charge in [0.25, 0.3) is 0 Å². The summed E-state index contributed by atoms with van der Waals surface area (Å²) in [5, 5.41) is 0.865. The Balaban J connectivity index is 1.45. The predicted octanol–water partition coefficient (Wildman–Crippen LogP) is 6.59. The maximum absolute atomic E-state index is 12.3. The van der Waals surface area contributed by atoms with Crippen LogP contribution in [-0.2, 0) is 4.79 Å². The number of nitrogens with zero attached hydrogens (tertiary/aromatic N) is 1. The monoisotopic (exact) mass is 411 g/mol. The van der Waals surface area contributed by atoms with Gasteiger partial charge in [-0.1, -0.05) is 55.3 Å². The van der Waals surface area contributed by atoms with E-state index in [2.05, 4.69) is 44.0 Å². The van der Waals surface area contributed by atoms with Crippen molar-refractivity contribution in [3.8, 4) is 0 Å². The summed E-state index contributed by atoms with van der Waals surface area (Å²) in [5.74, 6) is 2.73. The lowest BCUT2D eigenvalue weighted by molar-refractivity contribution is -0.156. The van der Waals surface area contributed by atoms with E-state index < -0.39 is 0 Å². The SMILES string of the molecule is CN1C(=O)CC[C@]2(C)[C@H]3CC[C@]4(C)C(=Cc5ccccc5Cl)CC[C@H]4[C@@H]3CC[C@@H]12. The largest absolute Gasteiger partial charge is 0.342 e. The van der Waals surface area contributed by atoms with Gasteiger partial charge in [-0.2, -0.15) is 0 Å². The summed E-state index contributed by atoms with van der Waals surface area (Å²) in [4.78, 5) is 14.4. The van der Waals surface area contributed by atoms with E-state index in [0.717, 1.165) is 35.6 Å². The van der Waals surface area contributed by atoms with E-state index in [1.165, 1.54) is 44.1 Å². The number of rotatable bonds is 1. The average Bonchev–Trinajstić information content (AvgIpc) is 3.03. The zero-order valence-electron chi connectivity index (χ0n) is 18.1. The van der Waals surface area contributed by atoms with Gasteiger partial charge in [-0.05, 0) is 85.2 Å². The lowest BCUT2D eigenvalue weighted by atomic mass is 9.47. The van der Waals surface area contributed by atoms with Crippen LogP contribution in [0.2, 0.25) is 5.02 Å². The fourth-order valence-corrected chi connectivity index (χ4v) is 8.21. The van der Waals surface area contributed by atoms with Crippen molar-refractivity contribution in [3.05, 3.63) is 40.4 Å². The van der Waals surface area contributed by atoms with E-state index in [9.17, 15) is 4.79 Å². The van der Waals surface area contributed by atoms with Gasteiger partial charge in [0.05, 0.1) is 0 Å². The number of allylic oxidation sites excluding steroid dienone is 1. The molecule has 3 aliphatic carbocycles. The summed E-state index contributed by atoms with van der Waals surface area (Å²) < 4.78 is 0. The molecule has 4 aliphatic rings. The molecule has 0 spiro atoms. The second-order valence-electron chi connectivity index (χ2n) is 10.7. The van der Waals surface area contributed by atoms with Crippen LogP contribution in [0.1, 0.15) is 70.8 Å². The minimum atomic E-state index is 0.308. The van der Waals surface area contributed by atoms with Gasteiger partial charge in [-0.3, -0.25) is 4.79 Å². The van der Waals surface area contributed by atoms with Gasteiger partial charge in [-0.25, -0.2) is 0 Å². The Morgan fingerprint density at radius 3 is 2.62 bits per heavy atom. The van der Waals surface area contributed by atoms with Crippen molar-refractivity contribution in [1.82, 2.24) is 4.90 Å². The Morgan fingerprint density at radius 1 is 1.03 bits per heavy atom. The van der Waals surface area contributed by atoms with Crippen LogP contribution in [-0.4, -0.2) is 23.9 Å². The van der Waals surface area contributed by atoms with E-state index in [1.807, 2.05) is 12.1 Å². The number of carbonyl (C=O) groups excluding carboxylic acids is 1. The van der Waals surface area contributed by atoms with Crippen LogP contribution < -0.4 is 0 Å². The predicted molar refractivity (Wildman–Crippen MR) is 120 cm³/mol. The van der Waals surface area contributed by atoms with E-state index in [0.29, 0.717) is 22.8 Å². The van der Waals surface area contributed by atoms with Gasteiger partial charge in [-0.15, -0.1) is 0 Å². The number of carbonyl (C=O) groups is 1. The summed E-state index contributed by atoms with van der Waals surface area (Å²) in [6.45, 7) is 5.05. The number of amides is 1. The topological polar surface area (TPSA) is 20.3 Å². The molecule has 1 aromatic carbocycles. The Bertz CT molecular complexity index is 862. The van der Waals surface area contributed by atoms with Crippen LogP contribution in [0.5, 0.6) is 0 Å². The molecule has 5 rings (SSSR count). The van der Waals surface area contributed by atoms with Crippen molar-refractivity contribution < 1.29 is 4.79 Å². The maximum Gasteiger partial charge on any atom is 0.222 e. The van der Waals surface area contributed by atoms with Crippen LogP contribution >= 0.6 is 11.6 Å². The third-order valence-corrected chi connectivity index (χ3v) is 9.98. The molecule has 1 saturated heterocycles. The van der Waals surface area contributed by atoms with E-state index in [-0.39, 0.29) is 0 Å². The first-order chi connectivity index (χ1) is 13.8. The molecule has 1 aromatic rings. The molecular weight excluding hydrogens is 378 g/mol. The molecule has 2 nitrogen and oxygen atoms in total. The molecule has 6 atom stereocenters. The van der Waals surface area contributed by atoms with Crippen LogP contribution in [0.4, 0.5) is 0 Å². The second-order valence-corrected chi connectivity index (χ2v) is 11.1. The minimum absolute atomic E-state index is 0.308. The van der Waals surface area contributed by atoms with Gasteiger partial charge < -0.3 is 4.90 Å². The van der Waals surface area contributed by atoms with Gasteiger partial charge in [0.15, 0.2) is 0 Å². The highest BCUT2D eigenvalue weighted by Gasteiger charge is 2.60. The fraction of sp³-hybridized carbons (Fsp3) is 0.654. The molecule has 0 unspecified atom stereocenters. The number of piperidine rings is 1. The third kappa shape index (κ3) is 2.85. The quantitative estimate of drug-likeness (QED) is 0.510. The molecule has 0 N–H and O–H groups in total. The first kappa shape index (κ1) is 19.7. The number of hydrogen-bond donors (Lipinski definition) is 0. The van der Waals surface area contributed by atoms with Crippen molar-refractivity contribution in [2.24, 2.45) is 28.6 Å². The van der Waals surface area contributed by atoms with Crippen LogP contribution in [0, 0.1) is 28.6 Å². The van der Waals surface area contributed by atoms with Crippen molar-refractivity contribution in [2.45, 2.75) is 71.3 Å². The highest BCUT2D eigenvalue weighted by Crippen LogP contribution is 2.66. The zero-order chi connectivity index (χ0) is 20.4. The molecule has 1 amide bonds. The van der Waals surface area contributed by atoms with Crippen molar-refractivity contribution in [1.29, 1.82) is 0 Å². The molecule has 0 bridgehead atoms. The number of halogens is 1. The maximum atomic E-state index is 12.3. The summed E-state index contributed by atoms with van der Waals surface area (Å²) in [6, 6.07) is 8.71. The lowest BCUT2D eigenvalue weighted by Crippen LogP contribution is -2.61. The molecule has 1 heterocycles. The lowest BCUT2D eigenvalue weighted by Gasteiger charge is -2.61. The molecule has 0 aromatic heterocycles. The smallest absolute Gasteiger partial charge is 0.222 e. The fourth-order valence-electron chi connectivity index (χ4n) is 8.02. The van der Waals surface area contributed by atoms with Gasteiger partial charge in [0, 0.05) is 24.5 Å². The molecule has 156 valence electrons. The normalized spacial score (nSPS) is 43.1. The van der Waals surface area contributed by atoms with E-state index in [1.54, 1.807) is 5.57 Å². The number of likely N-dealkylation sites (tertiary alicyclic amines) is 1. The molecule has 3 heteroatoms. The second kappa shape index (κ2) is 6.87. The van der Waals surface area contributed by atoms with Crippen LogP contribution in [0.3, 0.4) is 0 Å². The first-order valence-corrected chi connectivity index (χ1v) is 11.9. The molecular formula is C26H34ClNO. The zero-order valence-corrected chi connectivity index (χ0v) is 18.8. The number of benzene rings is 1. The Kier molecular flexibility index (Phi) is 4.66. The molecule has 1 aliphatic heterocycles. The minimum Gasteiger partial charge on any atom is -0.342 e. The third-order valence-electron chi connectivity index (χ3n) is 9.64. The van der Waals surface area contributed by atoms with E-state index in [4.69, 9.17) is 11.6 Å². The number of hydrogen-bond acceptors (Lipinski definition) is 1. The first-order valence-electron chi connectivity index (χ1n) is 11.6. The van der Waals surface area contributed by atoms with Crippen molar-refractivity contribution in [2.75, 3.05) is 7.05 Å². The summed E-state index contributed by atoms with van der Waals surface area (Å²) in [5.41, 5.74) is 3.43. The summed E-state index contributed by atoms with van der Waals surface area (Å²) >= 11 is 6.48.